The van der Waals surface area contributed by atoms with Gasteiger partial charge in [0.2, 0.25) is 5.91 Å². The molecule has 2 aromatic carbocycles. The number of carbonyl (C=O) groups is 2. The van der Waals surface area contributed by atoms with Crippen molar-refractivity contribution >= 4 is 46.3 Å². The summed E-state index contributed by atoms with van der Waals surface area (Å²) in [6.07, 6.45) is 2.86. The second-order valence-electron chi connectivity index (χ2n) is 5.63. The minimum atomic E-state index is -0.365. The highest BCUT2D eigenvalue weighted by Crippen LogP contribution is 2.18. The fraction of sp³-hybridized carbons (Fsp3) is 0.0526. The number of halogens is 1. The maximum atomic E-state index is 12.2. The molecule has 7 nitrogen and oxygen atoms in total. The first-order chi connectivity index (χ1) is 13.0. The van der Waals surface area contributed by atoms with Crippen LogP contribution in [0.1, 0.15) is 17.4 Å². The summed E-state index contributed by atoms with van der Waals surface area (Å²) >= 11 is 5.82. The molecule has 136 valence electrons. The smallest absolute Gasteiger partial charge is 0.275 e. The molecule has 0 aliphatic heterocycles. The van der Waals surface area contributed by atoms with Gasteiger partial charge in [-0.1, -0.05) is 11.6 Å². The summed E-state index contributed by atoms with van der Waals surface area (Å²) in [5.74, 6) is -0.00426. The van der Waals surface area contributed by atoms with Crippen LogP contribution >= 0.6 is 11.6 Å². The molecule has 0 spiro atoms. The Kier molecular flexibility index (Phi) is 5.63. The molecule has 27 heavy (non-hydrogen) atoms. The predicted molar refractivity (Wildman–Crippen MR) is 105 cm³/mol. The molecule has 0 atom stereocenters. The van der Waals surface area contributed by atoms with Gasteiger partial charge in [-0.25, -0.2) is 9.97 Å². The molecule has 0 aliphatic carbocycles. The predicted octanol–water partition coefficient (Wildman–Crippen LogP) is 4.08. The topological polar surface area (TPSA) is 96.0 Å². The van der Waals surface area contributed by atoms with Crippen LogP contribution in [0.2, 0.25) is 5.02 Å². The van der Waals surface area contributed by atoms with E-state index in [1.165, 1.54) is 19.3 Å². The average Bonchev–Trinajstić information content (AvgIpc) is 2.65. The van der Waals surface area contributed by atoms with Crippen LogP contribution in [0.15, 0.2) is 60.9 Å². The Morgan fingerprint density at radius 1 is 0.815 bits per heavy atom. The van der Waals surface area contributed by atoms with Crippen molar-refractivity contribution in [2.75, 3.05) is 16.0 Å². The third-order valence-corrected chi connectivity index (χ3v) is 3.72. The van der Waals surface area contributed by atoms with E-state index in [1.807, 2.05) is 0 Å². The third-order valence-electron chi connectivity index (χ3n) is 3.46. The van der Waals surface area contributed by atoms with Gasteiger partial charge in [-0.15, -0.1) is 0 Å². The van der Waals surface area contributed by atoms with Crippen molar-refractivity contribution in [3.8, 4) is 0 Å². The molecule has 3 N–H and O–H groups in total. The normalized spacial score (nSPS) is 10.1. The summed E-state index contributed by atoms with van der Waals surface area (Å²) in [6.45, 7) is 1.45. The lowest BCUT2D eigenvalue weighted by Gasteiger charge is -2.08. The van der Waals surface area contributed by atoms with Crippen LogP contribution in [0.3, 0.4) is 0 Å². The monoisotopic (exact) mass is 381 g/mol. The van der Waals surface area contributed by atoms with Crippen molar-refractivity contribution < 1.29 is 9.59 Å². The van der Waals surface area contributed by atoms with E-state index in [1.54, 1.807) is 48.5 Å². The van der Waals surface area contributed by atoms with Crippen LogP contribution in [0, 0.1) is 0 Å². The zero-order valence-electron chi connectivity index (χ0n) is 14.4. The van der Waals surface area contributed by atoms with Gasteiger partial charge in [0.25, 0.3) is 5.91 Å². The number of amides is 2. The Balaban J connectivity index is 1.61. The third kappa shape index (κ3) is 5.26. The first-order valence-electron chi connectivity index (χ1n) is 8.03. The highest BCUT2D eigenvalue weighted by molar-refractivity contribution is 6.30. The first kappa shape index (κ1) is 18.3. The molecular weight excluding hydrogens is 366 g/mol. The maximum absolute atomic E-state index is 12.2. The molecule has 0 unspecified atom stereocenters. The van der Waals surface area contributed by atoms with Crippen molar-refractivity contribution in [2.45, 2.75) is 6.92 Å². The van der Waals surface area contributed by atoms with E-state index >= 15 is 0 Å². The molecule has 0 radical (unpaired) electrons. The molecule has 0 saturated carbocycles. The van der Waals surface area contributed by atoms with Crippen molar-refractivity contribution in [2.24, 2.45) is 0 Å². The number of rotatable bonds is 5. The fourth-order valence-corrected chi connectivity index (χ4v) is 2.35. The highest BCUT2D eigenvalue weighted by Gasteiger charge is 2.09. The van der Waals surface area contributed by atoms with Crippen LogP contribution < -0.4 is 16.0 Å². The summed E-state index contributed by atoms with van der Waals surface area (Å²) in [6, 6.07) is 13.9. The van der Waals surface area contributed by atoms with Gasteiger partial charge in [0.1, 0.15) is 11.5 Å². The van der Waals surface area contributed by atoms with E-state index in [0.29, 0.717) is 22.2 Å². The largest absolute Gasteiger partial charge is 0.339 e. The number of nitrogens with one attached hydrogen (secondary N) is 3. The lowest BCUT2D eigenvalue weighted by Crippen LogP contribution is -2.14. The van der Waals surface area contributed by atoms with E-state index in [2.05, 4.69) is 25.9 Å². The van der Waals surface area contributed by atoms with Crippen LogP contribution in [0.25, 0.3) is 0 Å². The summed E-state index contributed by atoms with van der Waals surface area (Å²) in [4.78, 5) is 31.5. The van der Waals surface area contributed by atoms with E-state index in [4.69, 9.17) is 11.6 Å². The van der Waals surface area contributed by atoms with Crippen LogP contribution in [0.5, 0.6) is 0 Å². The van der Waals surface area contributed by atoms with Gasteiger partial charge in [0.15, 0.2) is 0 Å². The summed E-state index contributed by atoms with van der Waals surface area (Å²) in [5.41, 5.74) is 2.29. The van der Waals surface area contributed by atoms with Gasteiger partial charge >= 0.3 is 0 Å². The molecule has 0 fully saturated rings. The van der Waals surface area contributed by atoms with Crippen molar-refractivity contribution in [3.05, 3.63) is 71.6 Å². The highest BCUT2D eigenvalue weighted by atomic mass is 35.5. The van der Waals surface area contributed by atoms with Gasteiger partial charge < -0.3 is 16.0 Å². The van der Waals surface area contributed by atoms with Gasteiger partial charge in [-0.05, 0) is 48.5 Å². The Morgan fingerprint density at radius 2 is 1.41 bits per heavy atom. The van der Waals surface area contributed by atoms with Crippen molar-refractivity contribution in [1.29, 1.82) is 0 Å². The molecule has 0 bridgehead atoms. The van der Waals surface area contributed by atoms with Crippen molar-refractivity contribution in [1.82, 2.24) is 9.97 Å². The number of anilines is 4. The molecule has 0 saturated heterocycles. The number of nitrogens with zero attached hydrogens (tertiary/aromatic N) is 2. The molecule has 1 heterocycles. The van der Waals surface area contributed by atoms with E-state index in [9.17, 15) is 9.59 Å². The Hall–Kier alpha value is -3.45. The van der Waals surface area contributed by atoms with Gasteiger partial charge in [-0.2, -0.15) is 0 Å². The summed E-state index contributed by atoms with van der Waals surface area (Å²) in [7, 11) is 0. The maximum Gasteiger partial charge on any atom is 0.275 e. The van der Waals surface area contributed by atoms with Crippen LogP contribution in [-0.4, -0.2) is 21.8 Å². The molecule has 1 aromatic heterocycles. The Morgan fingerprint density at radius 3 is 2.00 bits per heavy atom. The Bertz CT molecular complexity index is 941. The average molecular weight is 382 g/mol. The number of hydrogen-bond donors (Lipinski definition) is 3. The molecule has 0 aliphatic rings. The number of aromatic nitrogens is 2. The standard InChI is InChI=1S/C19H16ClN5O2/c1-12(26)23-14-6-8-15(9-7-14)24-18-11-21-17(10-22-18)19(27)25-16-4-2-13(20)3-5-16/h2-11H,1H3,(H,22,24)(H,23,26)(H,25,27). The number of carbonyl (C=O) groups excluding carboxylic acids is 2. The molecular formula is C19H16ClN5O2. The zero-order valence-corrected chi connectivity index (χ0v) is 15.1. The molecule has 2 amide bonds. The Labute approximate surface area is 160 Å². The molecule has 8 heteroatoms. The summed E-state index contributed by atoms with van der Waals surface area (Å²) in [5, 5.41) is 9.08. The van der Waals surface area contributed by atoms with Gasteiger partial charge in [-0.3, -0.25) is 9.59 Å². The van der Waals surface area contributed by atoms with E-state index in [0.717, 1.165) is 5.69 Å². The molecule has 3 rings (SSSR count). The molecule has 3 aromatic rings. The minimum Gasteiger partial charge on any atom is -0.339 e. The first-order valence-corrected chi connectivity index (χ1v) is 8.41. The van der Waals surface area contributed by atoms with Crippen molar-refractivity contribution in [3.63, 3.8) is 0 Å². The zero-order chi connectivity index (χ0) is 19.2. The van der Waals surface area contributed by atoms with E-state index in [-0.39, 0.29) is 17.5 Å². The van der Waals surface area contributed by atoms with Gasteiger partial charge in [0.05, 0.1) is 12.4 Å². The summed E-state index contributed by atoms with van der Waals surface area (Å²) < 4.78 is 0. The lowest BCUT2D eigenvalue weighted by molar-refractivity contribution is -0.114. The minimum absolute atomic E-state index is 0.131. The fourth-order valence-electron chi connectivity index (χ4n) is 2.23. The van der Waals surface area contributed by atoms with E-state index < -0.39 is 0 Å². The second kappa shape index (κ2) is 8.29. The number of hydrogen-bond acceptors (Lipinski definition) is 5. The van der Waals surface area contributed by atoms with Gasteiger partial charge in [0, 0.05) is 29.0 Å². The lowest BCUT2D eigenvalue weighted by atomic mass is 10.2. The SMILES string of the molecule is CC(=O)Nc1ccc(Nc2cnc(C(=O)Nc3ccc(Cl)cc3)cn2)cc1. The second-order valence-corrected chi connectivity index (χ2v) is 6.07. The quantitative estimate of drug-likeness (QED) is 0.618. The van der Waals surface area contributed by atoms with Crippen LogP contribution in [-0.2, 0) is 4.79 Å². The van der Waals surface area contributed by atoms with Crippen LogP contribution in [0.4, 0.5) is 22.9 Å². The number of benzene rings is 2.